The molecule has 2 aromatic rings. The molecule has 0 amide bonds. The molecule has 1 atom stereocenters. The third-order valence-corrected chi connectivity index (χ3v) is 3.45. The van der Waals surface area contributed by atoms with Gasteiger partial charge in [-0.15, -0.1) is 0 Å². The van der Waals surface area contributed by atoms with Crippen molar-refractivity contribution in [2.75, 3.05) is 11.9 Å². The Morgan fingerprint density at radius 1 is 1.20 bits per heavy atom. The van der Waals surface area contributed by atoms with Crippen LogP contribution in [-0.2, 0) is 5.54 Å². The lowest BCUT2D eigenvalue weighted by Crippen LogP contribution is -2.38. The number of nitriles is 1. The summed E-state index contributed by atoms with van der Waals surface area (Å²) in [6, 6.07) is 15.9. The maximum atomic E-state index is 13.3. The number of hydrogen-bond donors (Lipinski definition) is 1. The van der Waals surface area contributed by atoms with Crippen molar-refractivity contribution < 1.29 is 9.13 Å². The van der Waals surface area contributed by atoms with Gasteiger partial charge in [-0.3, -0.25) is 0 Å². The minimum absolute atomic E-state index is 0.330. The van der Waals surface area contributed by atoms with Gasteiger partial charge in [-0.2, -0.15) is 5.26 Å². The van der Waals surface area contributed by atoms with Crippen molar-refractivity contribution in [2.24, 2.45) is 0 Å². The smallest absolute Gasteiger partial charge is 0.157 e. The summed E-state index contributed by atoms with van der Waals surface area (Å²) in [4.78, 5) is 0. The molecular formula is C16H13FN2O. The first-order valence-electron chi connectivity index (χ1n) is 6.41. The fourth-order valence-corrected chi connectivity index (χ4v) is 2.48. The van der Waals surface area contributed by atoms with Gasteiger partial charge in [0.05, 0.1) is 12.7 Å². The number of nitrogens with one attached hydrogen (secondary N) is 1. The van der Waals surface area contributed by atoms with Crippen molar-refractivity contribution in [2.45, 2.75) is 12.0 Å². The molecule has 0 aliphatic carbocycles. The van der Waals surface area contributed by atoms with E-state index in [-0.39, 0.29) is 5.82 Å². The van der Waals surface area contributed by atoms with Gasteiger partial charge in [-0.25, -0.2) is 4.39 Å². The third-order valence-electron chi connectivity index (χ3n) is 3.45. The molecule has 0 radical (unpaired) electrons. The minimum Gasteiger partial charge on any atom is -0.493 e. The van der Waals surface area contributed by atoms with Crippen LogP contribution < -0.4 is 10.1 Å². The standard InChI is InChI=1S/C16H13FN2O/c17-12-4-3-5-13(10-12)19-16(11-18)8-9-20-15-7-2-1-6-14(15)16/h1-7,10,19H,8-9H2. The monoisotopic (exact) mass is 268 g/mol. The Hall–Kier alpha value is -2.54. The van der Waals surface area contributed by atoms with Gasteiger partial charge >= 0.3 is 0 Å². The number of ether oxygens (including phenoxy) is 1. The highest BCUT2D eigenvalue weighted by Crippen LogP contribution is 2.38. The molecule has 0 fully saturated rings. The van der Waals surface area contributed by atoms with Crippen LogP contribution in [0.2, 0.25) is 0 Å². The number of benzene rings is 2. The van der Waals surface area contributed by atoms with Crippen molar-refractivity contribution in [3.63, 3.8) is 0 Å². The van der Waals surface area contributed by atoms with Crippen LogP contribution in [-0.4, -0.2) is 6.61 Å². The molecule has 1 N–H and O–H groups in total. The van der Waals surface area contributed by atoms with Crippen LogP contribution in [0.3, 0.4) is 0 Å². The SMILES string of the molecule is N#CC1(Nc2cccc(F)c2)CCOc2ccccc21. The van der Waals surface area contributed by atoms with Crippen LogP contribution in [0.15, 0.2) is 48.5 Å². The first-order valence-corrected chi connectivity index (χ1v) is 6.41. The lowest BCUT2D eigenvalue weighted by molar-refractivity contribution is 0.253. The summed E-state index contributed by atoms with van der Waals surface area (Å²) >= 11 is 0. The highest BCUT2D eigenvalue weighted by atomic mass is 19.1. The van der Waals surface area contributed by atoms with Crippen molar-refractivity contribution in [1.29, 1.82) is 5.26 Å². The number of para-hydroxylation sites is 1. The Bertz CT molecular complexity index is 680. The maximum Gasteiger partial charge on any atom is 0.157 e. The zero-order valence-corrected chi connectivity index (χ0v) is 10.8. The zero-order valence-electron chi connectivity index (χ0n) is 10.8. The van der Waals surface area contributed by atoms with E-state index in [2.05, 4.69) is 11.4 Å². The molecule has 0 bridgehead atoms. The number of hydrogen-bond acceptors (Lipinski definition) is 3. The average Bonchev–Trinajstić information content (AvgIpc) is 2.47. The largest absolute Gasteiger partial charge is 0.493 e. The van der Waals surface area contributed by atoms with E-state index in [1.165, 1.54) is 12.1 Å². The van der Waals surface area contributed by atoms with E-state index >= 15 is 0 Å². The topological polar surface area (TPSA) is 45.0 Å². The summed E-state index contributed by atoms with van der Waals surface area (Å²) in [6.45, 7) is 0.451. The lowest BCUT2D eigenvalue weighted by atomic mass is 9.85. The van der Waals surface area contributed by atoms with Gasteiger partial charge in [0.25, 0.3) is 0 Å². The Labute approximate surface area is 116 Å². The van der Waals surface area contributed by atoms with Gasteiger partial charge in [0.2, 0.25) is 0 Å². The van der Waals surface area contributed by atoms with E-state index < -0.39 is 5.54 Å². The van der Waals surface area contributed by atoms with Gasteiger partial charge in [-0.05, 0) is 24.3 Å². The summed E-state index contributed by atoms with van der Waals surface area (Å²) in [5.74, 6) is 0.368. The van der Waals surface area contributed by atoms with Gasteiger partial charge in [0.1, 0.15) is 11.6 Å². The summed E-state index contributed by atoms with van der Waals surface area (Å²) in [5.41, 5.74) is 0.490. The maximum absolute atomic E-state index is 13.3. The molecule has 1 aliphatic rings. The molecule has 1 unspecified atom stereocenters. The summed E-state index contributed by atoms with van der Waals surface area (Å²) in [7, 11) is 0. The molecule has 4 heteroatoms. The van der Waals surface area contributed by atoms with Crippen LogP contribution >= 0.6 is 0 Å². The van der Waals surface area contributed by atoms with Gasteiger partial charge in [0.15, 0.2) is 5.54 Å². The van der Waals surface area contributed by atoms with Crippen molar-refractivity contribution >= 4 is 5.69 Å². The Morgan fingerprint density at radius 2 is 2.05 bits per heavy atom. The molecule has 0 saturated carbocycles. The summed E-state index contributed by atoms with van der Waals surface area (Å²) in [6.07, 6.45) is 0.511. The second-order valence-electron chi connectivity index (χ2n) is 4.75. The number of halogens is 1. The van der Waals surface area contributed by atoms with Crippen LogP contribution in [0, 0.1) is 17.1 Å². The fraction of sp³-hybridized carbons (Fsp3) is 0.188. The van der Waals surface area contributed by atoms with Crippen LogP contribution in [0.25, 0.3) is 0 Å². The van der Waals surface area contributed by atoms with Crippen LogP contribution in [0.5, 0.6) is 5.75 Å². The highest BCUT2D eigenvalue weighted by Gasteiger charge is 2.38. The number of fused-ring (bicyclic) bond motifs is 1. The van der Waals surface area contributed by atoms with E-state index in [9.17, 15) is 9.65 Å². The second-order valence-corrected chi connectivity index (χ2v) is 4.75. The molecule has 1 heterocycles. The second kappa shape index (κ2) is 4.86. The molecule has 0 aromatic heterocycles. The third kappa shape index (κ3) is 2.08. The fourth-order valence-electron chi connectivity index (χ4n) is 2.48. The Balaban J connectivity index is 2.03. The Morgan fingerprint density at radius 3 is 2.85 bits per heavy atom. The normalized spacial score (nSPS) is 20.4. The zero-order chi connectivity index (χ0) is 14.0. The van der Waals surface area contributed by atoms with Crippen molar-refractivity contribution in [3.05, 3.63) is 59.9 Å². The van der Waals surface area contributed by atoms with Gasteiger partial charge in [0, 0.05) is 17.7 Å². The molecule has 3 nitrogen and oxygen atoms in total. The van der Waals surface area contributed by atoms with Crippen molar-refractivity contribution in [1.82, 2.24) is 0 Å². The van der Waals surface area contributed by atoms with Crippen LogP contribution in [0.1, 0.15) is 12.0 Å². The van der Waals surface area contributed by atoms with Crippen molar-refractivity contribution in [3.8, 4) is 11.8 Å². The first kappa shape index (κ1) is 12.5. The van der Waals surface area contributed by atoms with Crippen LogP contribution in [0.4, 0.5) is 10.1 Å². The summed E-state index contributed by atoms with van der Waals surface area (Å²) < 4.78 is 18.9. The average molecular weight is 268 g/mol. The van der Waals surface area contributed by atoms with Gasteiger partial charge in [-0.1, -0.05) is 24.3 Å². The molecule has 2 aromatic carbocycles. The number of rotatable bonds is 2. The predicted molar refractivity (Wildman–Crippen MR) is 73.9 cm³/mol. The molecular weight excluding hydrogens is 255 g/mol. The molecule has 20 heavy (non-hydrogen) atoms. The molecule has 3 rings (SSSR count). The van der Waals surface area contributed by atoms with E-state index in [1.807, 2.05) is 24.3 Å². The van der Waals surface area contributed by atoms with E-state index in [0.717, 1.165) is 5.56 Å². The van der Waals surface area contributed by atoms with E-state index in [1.54, 1.807) is 12.1 Å². The Kier molecular flexibility index (Phi) is 3.03. The number of nitrogens with zero attached hydrogens (tertiary/aromatic N) is 1. The minimum atomic E-state index is -0.886. The molecule has 100 valence electrons. The lowest BCUT2D eigenvalue weighted by Gasteiger charge is -2.34. The molecule has 0 saturated heterocycles. The highest BCUT2D eigenvalue weighted by molar-refractivity contribution is 5.55. The predicted octanol–water partition coefficient (Wildman–Crippen LogP) is 3.44. The quantitative estimate of drug-likeness (QED) is 0.907. The van der Waals surface area contributed by atoms with E-state index in [4.69, 9.17) is 4.74 Å². The molecule has 1 aliphatic heterocycles. The number of anilines is 1. The van der Waals surface area contributed by atoms with Gasteiger partial charge < -0.3 is 10.1 Å². The summed E-state index contributed by atoms with van der Waals surface area (Å²) in [5, 5.41) is 12.8. The van der Waals surface area contributed by atoms with E-state index in [0.29, 0.717) is 24.5 Å². The molecule has 0 spiro atoms. The first-order chi connectivity index (χ1) is 9.73.